The van der Waals surface area contributed by atoms with Crippen molar-refractivity contribution < 1.29 is 24.2 Å². The zero-order valence-corrected chi connectivity index (χ0v) is 15.3. The smallest absolute Gasteiger partial charge is 0.293 e. The van der Waals surface area contributed by atoms with Crippen molar-refractivity contribution in [3.63, 3.8) is 0 Å². The number of imide groups is 1. The molecule has 0 atom stereocenters. The molecular weight excluding hydrogens is 366 g/mol. The van der Waals surface area contributed by atoms with E-state index in [1.54, 1.807) is 49.4 Å². The van der Waals surface area contributed by atoms with Gasteiger partial charge in [0.2, 0.25) is 0 Å². The number of rotatable bonds is 6. The third kappa shape index (κ3) is 4.38. The number of ether oxygens (including phenoxy) is 1. The lowest BCUT2D eigenvalue weighted by atomic mass is 10.1. The molecule has 0 saturated carbocycles. The number of amides is 2. The molecular formula is C20H16NO5S-. The van der Waals surface area contributed by atoms with E-state index >= 15 is 0 Å². The maximum atomic E-state index is 12.1. The van der Waals surface area contributed by atoms with Crippen LogP contribution < -0.4 is 9.84 Å². The molecule has 1 saturated heterocycles. The predicted molar refractivity (Wildman–Crippen MR) is 99.9 cm³/mol. The second-order valence-corrected chi connectivity index (χ2v) is 6.76. The Hall–Kier alpha value is -3.06. The van der Waals surface area contributed by atoms with Crippen LogP contribution in [0.1, 0.15) is 28.4 Å². The molecule has 2 aromatic rings. The van der Waals surface area contributed by atoms with Gasteiger partial charge in [-0.05, 0) is 59.7 Å². The van der Waals surface area contributed by atoms with Crippen LogP contribution in [0.5, 0.6) is 5.75 Å². The minimum atomic E-state index is -1.23. The maximum absolute atomic E-state index is 12.1. The highest BCUT2D eigenvalue weighted by Crippen LogP contribution is 2.32. The van der Waals surface area contributed by atoms with E-state index in [1.165, 1.54) is 17.0 Å². The molecule has 138 valence electrons. The number of carboxylic acids is 1. The van der Waals surface area contributed by atoms with E-state index in [-0.39, 0.29) is 23.3 Å². The zero-order valence-electron chi connectivity index (χ0n) is 14.5. The second kappa shape index (κ2) is 8.09. The molecule has 0 spiro atoms. The van der Waals surface area contributed by atoms with Gasteiger partial charge in [-0.2, -0.15) is 0 Å². The molecule has 3 rings (SSSR count). The Kier molecular flexibility index (Phi) is 5.61. The van der Waals surface area contributed by atoms with E-state index in [2.05, 4.69) is 0 Å². The van der Waals surface area contributed by atoms with Gasteiger partial charge >= 0.3 is 0 Å². The SMILES string of the molecule is CCN1C(=O)S/C(=C/c2ccc(OCc3cccc(C(=O)[O-])c3)cc2)C1=O. The van der Waals surface area contributed by atoms with Crippen molar-refractivity contribution in [3.05, 3.63) is 70.1 Å². The van der Waals surface area contributed by atoms with Crippen LogP contribution in [0.2, 0.25) is 0 Å². The summed E-state index contributed by atoms with van der Waals surface area (Å²) in [5, 5.41) is 10.6. The summed E-state index contributed by atoms with van der Waals surface area (Å²) in [5.41, 5.74) is 1.60. The Bertz CT molecular complexity index is 920. The van der Waals surface area contributed by atoms with Crippen molar-refractivity contribution >= 4 is 35.0 Å². The number of aromatic carboxylic acids is 1. The van der Waals surface area contributed by atoms with Gasteiger partial charge in [-0.1, -0.05) is 30.3 Å². The summed E-state index contributed by atoms with van der Waals surface area (Å²) >= 11 is 0.931. The molecule has 0 N–H and O–H groups in total. The van der Waals surface area contributed by atoms with Gasteiger partial charge in [0.25, 0.3) is 11.1 Å². The number of thioether (sulfide) groups is 1. The number of carbonyl (C=O) groups is 3. The summed E-state index contributed by atoms with van der Waals surface area (Å²) in [7, 11) is 0. The molecule has 1 heterocycles. The summed E-state index contributed by atoms with van der Waals surface area (Å²) in [5.74, 6) is -0.901. The van der Waals surface area contributed by atoms with Gasteiger partial charge in [0.15, 0.2) is 0 Å². The quantitative estimate of drug-likeness (QED) is 0.714. The Morgan fingerprint density at radius 2 is 1.93 bits per heavy atom. The van der Waals surface area contributed by atoms with Gasteiger partial charge in [0.05, 0.1) is 10.9 Å². The number of hydrogen-bond donors (Lipinski definition) is 0. The summed E-state index contributed by atoms with van der Waals surface area (Å²) in [6, 6.07) is 13.4. The fourth-order valence-electron chi connectivity index (χ4n) is 2.54. The standard InChI is InChI=1S/C20H17NO5S/c1-2-21-18(22)17(27-20(21)25)11-13-6-8-16(9-7-13)26-12-14-4-3-5-15(10-14)19(23)24/h3-11H,2,12H2,1H3,(H,23,24)/p-1/b17-11+. The lowest BCUT2D eigenvalue weighted by molar-refractivity contribution is -0.255. The molecule has 6 nitrogen and oxygen atoms in total. The Balaban J connectivity index is 1.65. The summed E-state index contributed by atoms with van der Waals surface area (Å²) in [6.45, 7) is 2.33. The van der Waals surface area contributed by atoms with E-state index in [0.29, 0.717) is 22.8 Å². The van der Waals surface area contributed by atoms with Crippen molar-refractivity contribution in [1.29, 1.82) is 0 Å². The van der Waals surface area contributed by atoms with Crippen LogP contribution in [-0.2, 0) is 11.4 Å². The van der Waals surface area contributed by atoms with Crippen molar-refractivity contribution in [2.75, 3.05) is 6.54 Å². The van der Waals surface area contributed by atoms with Gasteiger partial charge < -0.3 is 14.6 Å². The zero-order chi connectivity index (χ0) is 19.4. The van der Waals surface area contributed by atoms with Crippen molar-refractivity contribution in [1.82, 2.24) is 4.90 Å². The van der Waals surface area contributed by atoms with Crippen molar-refractivity contribution in [2.24, 2.45) is 0 Å². The summed E-state index contributed by atoms with van der Waals surface area (Å²) < 4.78 is 5.66. The van der Waals surface area contributed by atoms with Crippen LogP contribution >= 0.6 is 11.8 Å². The van der Waals surface area contributed by atoms with Gasteiger partial charge in [0, 0.05) is 6.54 Å². The molecule has 1 aliphatic rings. The monoisotopic (exact) mass is 382 g/mol. The molecule has 2 amide bonds. The summed E-state index contributed by atoms with van der Waals surface area (Å²) in [4.78, 5) is 36.3. The van der Waals surface area contributed by atoms with Crippen LogP contribution in [0.3, 0.4) is 0 Å². The van der Waals surface area contributed by atoms with E-state index in [1.807, 2.05) is 0 Å². The number of carboxylic acid groups (broad SMARTS) is 1. The third-order valence-corrected chi connectivity index (χ3v) is 4.84. The van der Waals surface area contributed by atoms with E-state index in [4.69, 9.17) is 4.74 Å². The highest BCUT2D eigenvalue weighted by atomic mass is 32.2. The first-order valence-electron chi connectivity index (χ1n) is 8.26. The largest absolute Gasteiger partial charge is 0.545 e. The van der Waals surface area contributed by atoms with E-state index in [9.17, 15) is 19.5 Å². The maximum Gasteiger partial charge on any atom is 0.293 e. The number of nitrogens with zero attached hydrogens (tertiary/aromatic N) is 1. The number of carbonyl (C=O) groups excluding carboxylic acids is 3. The lowest BCUT2D eigenvalue weighted by Crippen LogP contribution is -2.27. The molecule has 1 aliphatic heterocycles. The molecule has 0 aromatic heterocycles. The summed E-state index contributed by atoms with van der Waals surface area (Å²) in [6.07, 6.45) is 1.67. The first kappa shape index (κ1) is 18.7. The average molecular weight is 382 g/mol. The number of likely N-dealkylation sites (N-methyl/N-ethyl adjacent to an activating group) is 1. The van der Waals surface area contributed by atoms with E-state index in [0.717, 1.165) is 17.3 Å². The molecule has 0 aliphatic carbocycles. The van der Waals surface area contributed by atoms with Gasteiger partial charge in [-0.3, -0.25) is 14.5 Å². The molecule has 0 unspecified atom stereocenters. The second-order valence-electron chi connectivity index (χ2n) is 5.77. The Labute approximate surface area is 160 Å². The lowest BCUT2D eigenvalue weighted by Gasteiger charge is -2.09. The first-order valence-corrected chi connectivity index (χ1v) is 9.08. The normalized spacial score (nSPS) is 15.4. The fourth-order valence-corrected chi connectivity index (χ4v) is 3.44. The molecule has 7 heteroatoms. The van der Waals surface area contributed by atoms with Crippen molar-refractivity contribution in [2.45, 2.75) is 13.5 Å². The highest BCUT2D eigenvalue weighted by Gasteiger charge is 2.33. The minimum absolute atomic E-state index is 0.104. The number of benzene rings is 2. The molecule has 27 heavy (non-hydrogen) atoms. The van der Waals surface area contributed by atoms with Crippen LogP contribution in [0.15, 0.2) is 53.4 Å². The van der Waals surface area contributed by atoms with Crippen LogP contribution in [-0.4, -0.2) is 28.6 Å². The fraction of sp³-hybridized carbons (Fsp3) is 0.150. The first-order chi connectivity index (χ1) is 13.0. The van der Waals surface area contributed by atoms with Crippen molar-refractivity contribution in [3.8, 4) is 5.75 Å². The van der Waals surface area contributed by atoms with Gasteiger partial charge in [-0.15, -0.1) is 0 Å². The molecule has 0 radical (unpaired) electrons. The molecule has 2 aromatic carbocycles. The highest BCUT2D eigenvalue weighted by molar-refractivity contribution is 8.18. The molecule has 0 bridgehead atoms. The van der Waals surface area contributed by atoms with Gasteiger partial charge in [0.1, 0.15) is 12.4 Å². The van der Waals surface area contributed by atoms with E-state index < -0.39 is 5.97 Å². The average Bonchev–Trinajstić information content (AvgIpc) is 2.94. The minimum Gasteiger partial charge on any atom is -0.545 e. The topological polar surface area (TPSA) is 86.7 Å². The number of hydrogen-bond acceptors (Lipinski definition) is 6. The van der Waals surface area contributed by atoms with Crippen LogP contribution in [0, 0.1) is 0 Å². The third-order valence-electron chi connectivity index (χ3n) is 3.94. The molecule has 1 fully saturated rings. The Morgan fingerprint density at radius 3 is 2.56 bits per heavy atom. The van der Waals surface area contributed by atoms with Gasteiger partial charge in [-0.25, -0.2) is 0 Å². The predicted octanol–water partition coefficient (Wildman–Crippen LogP) is 2.69. The van der Waals surface area contributed by atoms with Crippen LogP contribution in [0.4, 0.5) is 4.79 Å². The Morgan fingerprint density at radius 1 is 1.19 bits per heavy atom. The van der Waals surface area contributed by atoms with Crippen LogP contribution in [0.25, 0.3) is 6.08 Å².